The molecule has 0 radical (unpaired) electrons. The molecule has 0 bridgehead atoms. The van der Waals surface area contributed by atoms with Crippen LogP contribution in [0.1, 0.15) is 27.3 Å². The first-order valence-electron chi connectivity index (χ1n) is 8.19. The van der Waals surface area contributed by atoms with Crippen LogP contribution in [0.5, 0.6) is 0 Å². The highest BCUT2D eigenvalue weighted by Crippen LogP contribution is 2.28. The summed E-state index contributed by atoms with van der Waals surface area (Å²) in [7, 11) is 1.35. The predicted molar refractivity (Wildman–Crippen MR) is 112 cm³/mol. The average molecular weight is 435 g/mol. The first-order valence-corrected chi connectivity index (χ1v) is 9.93. The van der Waals surface area contributed by atoms with E-state index in [1.807, 2.05) is 13.0 Å². The molecule has 9 heteroatoms. The Hall–Kier alpha value is -2.35. The highest BCUT2D eigenvalue weighted by Gasteiger charge is 2.10. The first kappa shape index (κ1) is 20.4. The van der Waals surface area contributed by atoms with Crippen LogP contribution in [0, 0.1) is 6.92 Å². The van der Waals surface area contributed by atoms with Crippen LogP contribution >= 0.6 is 35.0 Å². The molecule has 1 aromatic heterocycles. The molecule has 0 atom stereocenters. The molecule has 0 unspecified atom stereocenters. The zero-order chi connectivity index (χ0) is 20.1. The maximum atomic E-state index is 11.5. The van der Waals surface area contributed by atoms with E-state index in [1.165, 1.54) is 18.9 Å². The van der Waals surface area contributed by atoms with Gasteiger partial charge in [-0.3, -0.25) is 0 Å². The van der Waals surface area contributed by atoms with Gasteiger partial charge in [0.15, 0.2) is 5.82 Å². The van der Waals surface area contributed by atoms with Crippen molar-refractivity contribution in [2.75, 3.05) is 7.11 Å². The Balaban J connectivity index is 1.73. The number of benzene rings is 2. The monoisotopic (exact) mass is 434 g/mol. The van der Waals surface area contributed by atoms with Crippen LogP contribution in [0.3, 0.4) is 0 Å². The van der Waals surface area contributed by atoms with Crippen LogP contribution < -0.4 is 0 Å². The summed E-state index contributed by atoms with van der Waals surface area (Å²) in [6, 6.07) is 12.3. The fraction of sp³-hybridized carbons (Fsp3) is 0.158. The molecule has 2 aromatic carbocycles. The SMILES string of the molecule is COC(=O)c1ccc(/C=N/n2c(C)nnc2SCc2ccc(Cl)cc2Cl)cc1. The van der Waals surface area contributed by atoms with Gasteiger partial charge in [0.2, 0.25) is 5.16 Å². The summed E-state index contributed by atoms with van der Waals surface area (Å²) in [5.74, 6) is 0.891. The minimum atomic E-state index is -0.377. The maximum absolute atomic E-state index is 11.5. The molecule has 0 aliphatic carbocycles. The molecule has 0 fully saturated rings. The average Bonchev–Trinajstić information content (AvgIpc) is 3.05. The van der Waals surface area contributed by atoms with Gasteiger partial charge >= 0.3 is 5.97 Å². The fourth-order valence-electron chi connectivity index (χ4n) is 2.29. The Labute approximate surface area is 176 Å². The Bertz CT molecular complexity index is 1020. The molecular formula is C19H16Cl2N4O2S. The third-order valence-electron chi connectivity index (χ3n) is 3.79. The molecule has 0 N–H and O–H groups in total. The van der Waals surface area contributed by atoms with Crippen molar-refractivity contribution in [3.8, 4) is 0 Å². The molecular weight excluding hydrogens is 419 g/mol. The summed E-state index contributed by atoms with van der Waals surface area (Å²) >= 11 is 13.6. The Morgan fingerprint density at radius 1 is 1.21 bits per heavy atom. The number of methoxy groups -OCH3 is 1. The number of aryl methyl sites for hydroxylation is 1. The van der Waals surface area contributed by atoms with E-state index in [-0.39, 0.29) is 5.97 Å². The lowest BCUT2D eigenvalue weighted by molar-refractivity contribution is 0.0600. The lowest BCUT2D eigenvalue weighted by Crippen LogP contribution is -2.01. The number of nitrogens with zero attached hydrogens (tertiary/aromatic N) is 4. The largest absolute Gasteiger partial charge is 0.465 e. The van der Waals surface area contributed by atoms with Crippen molar-refractivity contribution in [1.82, 2.24) is 14.9 Å². The summed E-state index contributed by atoms with van der Waals surface area (Å²) in [6.07, 6.45) is 1.68. The number of carbonyl (C=O) groups is 1. The van der Waals surface area contributed by atoms with Crippen molar-refractivity contribution in [2.45, 2.75) is 17.8 Å². The normalized spacial score (nSPS) is 11.1. The van der Waals surface area contributed by atoms with Gasteiger partial charge in [-0.15, -0.1) is 10.2 Å². The van der Waals surface area contributed by atoms with Crippen LogP contribution in [-0.2, 0) is 10.5 Å². The Kier molecular flexibility index (Phi) is 6.72. The second kappa shape index (κ2) is 9.23. The van der Waals surface area contributed by atoms with E-state index >= 15 is 0 Å². The summed E-state index contributed by atoms with van der Waals surface area (Å²) in [5.41, 5.74) is 2.26. The topological polar surface area (TPSA) is 69.4 Å². The molecule has 1 heterocycles. The van der Waals surface area contributed by atoms with E-state index in [0.717, 1.165) is 11.1 Å². The number of halogens is 2. The summed E-state index contributed by atoms with van der Waals surface area (Å²) in [4.78, 5) is 11.5. The van der Waals surface area contributed by atoms with Crippen LogP contribution in [0.4, 0.5) is 0 Å². The van der Waals surface area contributed by atoms with Crippen molar-refractivity contribution < 1.29 is 9.53 Å². The molecule has 0 saturated heterocycles. The van der Waals surface area contributed by atoms with Crippen molar-refractivity contribution >= 4 is 47.1 Å². The number of rotatable bonds is 6. The van der Waals surface area contributed by atoms with E-state index < -0.39 is 0 Å². The minimum Gasteiger partial charge on any atom is -0.465 e. The molecule has 144 valence electrons. The summed E-state index contributed by atoms with van der Waals surface area (Å²) in [6.45, 7) is 1.82. The lowest BCUT2D eigenvalue weighted by atomic mass is 10.1. The van der Waals surface area contributed by atoms with Gasteiger partial charge in [0, 0.05) is 15.8 Å². The maximum Gasteiger partial charge on any atom is 0.337 e. The molecule has 0 aliphatic heterocycles. The Morgan fingerprint density at radius 2 is 1.96 bits per heavy atom. The van der Waals surface area contributed by atoms with Gasteiger partial charge in [0.05, 0.1) is 18.9 Å². The van der Waals surface area contributed by atoms with Gasteiger partial charge in [0.1, 0.15) is 0 Å². The van der Waals surface area contributed by atoms with Gasteiger partial charge in [-0.25, -0.2) is 4.79 Å². The molecule has 0 amide bonds. The van der Waals surface area contributed by atoms with Gasteiger partial charge in [-0.05, 0) is 42.3 Å². The minimum absolute atomic E-state index is 0.377. The fourth-order valence-corrected chi connectivity index (χ4v) is 3.78. The van der Waals surface area contributed by atoms with Crippen molar-refractivity contribution in [1.29, 1.82) is 0 Å². The smallest absolute Gasteiger partial charge is 0.337 e. The zero-order valence-electron chi connectivity index (χ0n) is 15.1. The second-order valence-electron chi connectivity index (χ2n) is 5.72. The number of hydrogen-bond donors (Lipinski definition) is 0. The van der Waals surface area contributed by atoms with Crippen LogP contribution in [0.15, 0.2) is 52.7 Å². The molecule has 3 rings (SSSR count). The number of aromatic nitrogens is 3. The second-order valence-corrected chi connectivity index (χ2v) is 7.51. The molecule has 28 heavy (non-hydrogen) atoms. The number of esters is 1. The molecule has 0 aliphatic rings. The number of ether oxygens (including phenoxy) is 1. The zero-order valence-corrected chi connectivity index (χ0v) is 17.4. The van der Waals surface area contributed by atoms with Gasteiger partial charge < -0.3 is 4.74 Å². The lowest BCUT2D eigenvalue weighted by Gasteiger charge is -2.05. The van der Waals surface area contributed by atoms with Crippen molar-refractivity contribution in [3.05, 3.63) is 75.0 Å². The first-order chi connectivity index (χ1) is 13.5. The molecule has 3 aromatic rings. The van der Waals surface area contributed by atoms with E-state index in [9.17, 15) is 4.79 Å². The third kappa shape index (κ3) is 4.92. The highest BCUT2D eigenvalue weighted by atomic mass is 35.5. The van der Waals surface area contributed by atoms with Crippen molar-refractivity contribution in [2.24, 2.45) is 5.10 Å². The van der Waals surface area contributed by atoms with Gasteiger partial charge in [0.25, 0.3) is 0 Å². The van der Waals surface area contributed by atoms with Crippen LogP contribution in [0.2, 0.25) is 10.0 Å². The van der Waals surface area contributed by atoms with E-state index in [0.29, 0.717) is 32.3 Å². The number of carbonyl (C=O) groups excluding carboxylic acids is 1. The summed E-state index contributed by atoms with van der Waals surface area (Å²) in [5, 5.41) is 14.6. The van der Waals surface area contributed by atoms with Gasteiger partial charge in [-0.2, -0.15) is 9.78 Å². The van der Waals surface area contributed by atoms with Gasteiger partial charge in [-0.1, -0.05) is 53.2 Å². The highest BCUT2D eigenvalue weighted by molar-refractivity contribution is 7.98. The standard InChI is InChI=1S/C19H16Cl2N4O2S/c1-12-23-24-19(28-11-15-7-8-16(20)9-17(15)21)25(12)22-10-13-3-5-14(6-4-13)18(26)27-2/h3-10H,11H2,1-2H3/b22-10+. The molecule has 0 spiro atoms. The number of hydrogen-bond acceptors (Lipinski definition) is 6. The van der Waals surface area contributed by atoms with Crippen LogP contribution in [-0.4, -0.2) is 34.2 Å². The Morgan fingerprint density at radius 3 is 2.64 bits per heavy atom. The van der Waals surface area contributed by atoms with Crippen molar-refractivity contribution in [3.63, 3.8) is 0 Å². The van der Waals surface area contributed by atoms with Crippen LogP contribution in [0.25, 0.3) is 0 Å². The van der Waals surface area contributed by atoms with E-state index in [4.69, 9.17) is 27.9 Å². The third-order valence-corrected chi connectivity index (χ3v) is 5.35. The predicted octanol–water partition coefficient (Wildman–Crippen LogP) is 4.85. The molecule has 0 saturated carbocycles. The molecule has 6 nitrogen and oxygen atoms in total. The number of thioether (sulfide) groups is 1. The summed E-state index contributed by atoms with van der Waals surface area (Å²) < 4.78 is 6.35. The quantitative estimate of drug-likeness (QED) is 0.314. The van der Waals surface area contributed by atoms with E-state index in [1.54, 1.807) is 47.3 Å². The van der Waals surface area contributed by atoms with E-state index in [2.05, 4.69) is 15.3 Å².